The van der Waals surface area contributed by atoms with Crippen molar-refractivity contribution in [3.05, 3.63) is 56.2 Å². The van der Waals surface area contributed by atoms with Gasteiger partial charge in [-0.3, -0.25) is 0 Å². The number of hydrogen-bond donors (Lipinski definition) is 0. The summed E-state index contributed by atoms with van der Waals surface area (Å²) in [6.45, 7) is 0. The summed E-state index contributed by atoms with van der Waals surface area (Å²) in [7, 11) is 0. The molecule has 2 aromatic rings. The lowest BCUT2D eigenvalue weighted by Crippen LogP contribution is -1.96. The fourth-order valence-electron chi connectivity index (χ4n) is 2.09. The van der Waals surface area contributed by atoms with Crippen molar-refractivity contribution in [2.75, 3.05) is 5.75 Å². The Morgan fingerprint density at radius 2 is 2.00 bits per heavy atom. The number of fused-ring (bicyclic) bond motifs is 1. The van der Waals surface area contributed by atoms with Crippen molar-refractivity contribution >= 4 is 50.6 Å². The zero-order valence-corrected chi connectivity index (χ0v) is 13.6. The summed E-state index contributed by atoms with van der Waals surface area (Å²) in [6, 6.07) is 10.5. The molecule has 0 aliphatic carbocycles. The highest BCUT2D eigenvalue weighted by Crippen LogP contribution is 2.40. The second-order valence-electron chi connectivity index (χ2n) is 4.31. The molecule has 4 heteroatoms. The molecule has 0 nitrogen and oxygen atoms in total. The summed E-state index contributed by atoms with van der Waals surface area (Å²) < 4.78 is 0. The lowest BCUT2D eigenvalue weighted by atomic mass is 10.1. The molecule has 1 aliphatic heterocycles. The van der Waals surface area contributed by atoms with Gasteiger partial charge in [-0.1, -0.05) is 39.7 Å². The van der Waals surface area contributed by atoms with E-state index in [1.807, 2.05) is 35.2 Å². The minimum absolute atomic E-state index is 0.287. The lowest BCUT2D eigenvalue weighted by Gasteiger charge is -2.08. The maximum Gasteiger partial charge on any atom is 0.0738 e. The van der Waals surface area contributed by atoms with E-state index in [-0.39, 0.29) is 4.83 Å². The molecule has 1 atom stereocenters. The minimum atomic E-state index is 0.287. The molecule has 1 aromatic carbocycles. The maximum absolute atomic E-state index is 5.93. The van der Waals surface area contributed by atoms with Gasteiger partial charge in [0.25, 0.3) is 0 Å². The predicted octanol–water partition coefficient (Wildman–Crippen LogP) is 5.68. The number of hydrogen-bond acceptors (Lipinski definition) is 2. The molecule has 1 aromatic heterocycles. The van der Waals surface area contributed by atoms with Crippen LogP contribution >= 0.6 is 50.6 Å². The van der Waals surface area contributed by atoms with E-state index in [1.54, 1.807) is 4.88 Å². The Hall–Kier alpha value is 0.0400. The van der Waals surface area contributed by atoms with Crippen molar-refractivity contribution in [1.29, 1.82) is 0 Å². The number of benzene rings is 1. The molecular formula is C14H12BrClS2. The standard InChI is InChI=1S/C14H12BrClS2/c15-14(9-1-3-11(16)4-2-9)13-7-10-8-17-6-5-12(10)18-13/h1-4,7,14H,5-6,8H2. The van der Waals surface area contributed by atoms with Crippen molar-refractivity contribution < 1.29 is 0 Å². The first-order valence-electron chi connectivity index (χ1n) is 5.83. The second-order valence-corrected chi connectivity index (χ2v) is 7.94. The molecular weight excluding hydrogens is 348 g/mol. The van der Waals surface area contributed by atoms with Crippen LogP contribution in [0.4, 0.5) is 0 Å². The number of thioether (sulfide) groups is 1. The van der Waals surface area contributed by atoms with E-state index in [0.717, 1.165) is 5.02 Å². The van der Waals surface area contributed by atoms with Gasteiger partial charge in [0.2, 0.25) is 0 Å². The van der Waals surface area contributed by atoms with Gasteiger partial charge in [0.1, 0.15) is 0 Å². The van der Waals surface area contributed by atoms with Crippen LogP contribution in [-0.4, -0.2) is 5.75 Å². The molecule has 0 amide bonds. The third-order valence-electron chi connectivity index (χ3n) is 3.06. The molecule has 0 spiro atoms. The Kier molecular flexibility index (Phi) is 4.04. The topological polar surface area (TPSA) is 0 Å². The first-order chi connectivity index (χ1) is 8.74. The summed E-state index contributed by atoms with van der Waals surface area (Å²) in [5.41, 5.74) is 2.80. The second kappa shape index (κ2) is 5.58. The first-order valence-corrected chi connectivity index (χ1v) is 9.09. The summed E-state index contributed by atoms with van der Waals surface area (Å²) in [6.07, 6.45) is 1.23. The molecule has 0 saturated carbocycles. The zero-order chi connectivity index (χ0) is 12.5. The molecule has 0 saturated heterocycles. The molecule has 94 valence electrons. The third kappa shape index (κ3) is 2.64. The van der Waals surface area contributed by atoms with Crippen LogP contribution in [0.15, 0.2) is 30.3 Å². The normalized spacial score (nSPS) is 16.3. The van der Waals surface area contributed by atoms with E-state index in [9.17, 15) is 0 Å². The van der Waals surface area contributed by atoms with Gasteiger partial charge in [-0.2, -0.15) is 11.8 Å². The van der Waals surface area contributed by atoms with Crippen LogP contribution in [0.5, 0.6) is 0 Å². The van der Waals surface area contributed by atoms with Crippen LogP contribution < -0.4 is 0 Å². The molecule has 18 heavy (non-hydrogen) atoms. The number of rotatable bonds is 2. The fourth-order valence-corrected chi connectivity index (χ4v) is 5.32. The first kappa shape index (κ1) is 13.0. The minimum Gasteiger partial charge on any atom is -0.157 e. The largest absolute Gasteiger partial charge is 0.157 e. The zero-order valence-electron chi connectivity index (χ0n) is 9.66. The van der Waals surface area contributed by atoms with Crippen LogP contribution in [0.3, 0.4) is 0 Å². The van der Waals surface area contributed by atoms with E-state index in [2.05, 4.69) is 34.1 Å². The summed E-state index contributed by atoms with van der Waals surface area (Å²) in [5.74, 6) is 2.44. The van der Waals surface area contributed by atoms with E-state index in [4.69, 9.17) is 11.6 Å². The highest BCUT2D eigenvalue weighted by molar-refractivity contribution is 9.09. The number of halogens is 2. The van der Waals surface area contributed by atoms with Gasteiger partial charge in [-0.25, -0.2) is 0 Å². The molecule has 3 rings (SSSR count). The van der Waals surface area contributed by atoms with Crippen LogP contribution in [-0.2, 0) is 12.2 Å². The summed E-state index contributed by atoms with van der Waals surface area (Å²) >= 11 is 13.7. The average Bonchev–Trinajstić information content (AvgIpc) is 2.82. The monoisotopic (exact) mass is 358 g/mol. The van der Waals surface area contributed by atoms with Crippen LogP contribution in [0.1, 0.15) is 25.7 Å². The molecule has 1 aliphatic rings. The molecule has 0 radical (unpaired) electrons. The molecule has 0 N–H and O–H groups in total. The van der Waals surface area contributed by atoms with Gasteiger partial charge in [0.05, 0.1) is 4.83 Å². The van der Waals surface area contributed by atoms with Crippen molar-refractivity contribution in [2.24, 2.45) is 0 Å². The predicted molar refractivity (Wildman–Crippen MR) is 86.4 cm³/mol. The van der Waals surface area contributed by atoms with Crippen molar-refractivity contribution in [1.82, 2.24) is 0 Å². The van der Waals surface area contributed by atoms with Crippen molar-refractivity contribution in [3.63, 3.8) is 0 Å². The lowest BCUT2D eigenvalue weighted by molar-refractivity contribution is 1.13. The van der Waals surface area contributed by atoms with Gasteiger partial charge in [-0.15, -0.1) is 11.3 Å². The molecule has 2 heterocycles. The van der Waals surface area contributed by atoms with Gasteiger partial charge < -0.3 is 0 Å². The highest BCUT2D eigenvalue weighted by atomic mass is 79.9. The van der Waals surface area contributed by atoms with Gasteiger partial charge in [0.15, 0.2) is 0 Å². The van der Waals surface area contributed by atoms with Gasteiger partial charge >= 0.3 is 0 Å². The van der Waals surface area contributed by atoms with E-state index < -0.39 is 0 Å². The third-order valence-corrected chi connectivity index (χ3v) is 6.95. The molecule has 0 bridgehead atoms. The van der Waals surface area contributed by atoms with Crippen LogP contribution in [0.25, 0.3) is 0 Å². The maximum atomic E-state index is 5.93. The Balaban J connectivity index is 1.89. The number of thiophene rings is 1. The van der Waals surface area contributed by atoms with E-state index in [0.29, 0.717) is 0 Å². The summed E-state index contributed by atoms with van der Waals surface area (Å²) in [4.78, 5) is 3.27. The smallest absolute Gasteiger partial charge is 0.0738 e. The Morgan fingerprint density at radius 1 is 1.22 bits per heavy atom. The quantitative estimate of drug-likeness (QED) is 0.622. The van der Waals surface area contributed by atoms with Crippen LogP contribution in [0, 0.1) is 0 Å². The summed E-state index contributed by atoms with van der Waals surface area (Å²) in [5, 5.41) is 0.792. The molecule has 0 fully saturated rings. The highest BCUT2D eigenvalue weighted by Gasteiger charge is 2.18. The number of alkyl halides is 1. The van der Waals surface area contributed by atoms with E-state index >= 15 is 0 Å². The van der Waals surface area contributed by atoms with E-state index in [1.165, 1.54) is 33.9 Å². The average molecular weight is 360 g/mol. The SMILES string of the molecule is Clc1ccc(C(Br)c2cc3c(s2)CCSC3)cc1. The van der Waals surface area contributed by atoms with Gasteiger partial charge in [0, 0.05) is 20.5 Å². The Morgan fingerprint density at radius 3 is 2.72 bits per heavy atom. The van der Waals surface area contributed by atoms with Crippen molar-refractivity contribution in [2.45, 2.75) is 17.0 Å². The fraction of sp³-hybridized carbons (Fsp3) is 0.286. The Labute approximate surface area is 129 Å². The van der Waals surface area contributed by atoms with Gasteiger partial charge in [-0.05, 0) is 41.5 Å². The Bertz CT molecular complexity index is 524. The van der Waals surface area contributed by atoms with Crippen molar-refractivity contribution in [3.8, 4) is 0 Å². The van der Waals surface area contributed by atoms with Crippen LogP contribution in [0.2, 0.25) is 5.02 Å². The number of aryl methyl sites for hydroxylation is 1. The molecule has 1 unspecified atom stereocenters.